The fraction of sp³-hybridized carbons (Fsp3) is 0.214. The van der Waals surface area contributed by atoms with E-state index in [-0.39, 0.29) is 5.69 Å². The maximum absolute atomic E-state index is 11.3. The van der Waals surface area contributed by atoms with Gasteiger partial charge in [-0.05, 0) is 11.6 Å². The van der Waals surface area contributed by atoms with Gasteiger partial charge >= 0.3 is 5.97 Å². The van der Waals surface area contributed by atoms with Crippen molar-refractivity contribution in [2.45, 2.75) is 6.54 Å². The van der Waals surface area contributed by atoms with Crippen LogP contribution in [0.1, 0.15) is 16.1 Å². The molecule has 1 aromatic carbocycles. The molecule has 104 valence electrons. The van der Waals surface area contributed by atoms with Gasteiger partial charge in [0.05, 0.1) is 19.5 Å². The van der Waals surface area contributed by atoms with Crippen molar-refractivity contribution in [1.82, 2.24) is 9.97 Å². The van der Waals surface area contributed by atoms with Crippen LogP contribution in [0.4, 0.5) is 5.82 Å². The van der Waals surface area contributed by atoms with Crippen LogP contribution < -0.4 is 4.90 Å². The average Bonchev–Trinajstić information content (AvgIpc) is 2.49. The predicted octanol–water partition coefficient (Wildman–Crippen LogP) is 2.66. The second-order valence-corrected chi connectivity index (χ2v) is 5.05. The van der Waals surface area contributed by atoms with Crippen LogP contribution in [0.25, 0.3) is 0 Å². The molecule has 0 fully saturated rings. The first-order chi connectivity index (χ1) is 9.61. The summed E-state index contributed by atoms with van der Waals surface area (Å²) in [6.07, 6.45) is 2.97. The summed E-state index contributed by atoms with van der Waals surface area (Å²) in [5.41, 5.74) is 1.35. The van der Waals surface area contributed by atoms with E-state index in [0.29, 0.717) is 12.4 Å². The molecule has 0 spiro atoms. The molecule has 0 saturated heterocycles. The molecule has 0 aliphatic heterocycles. The van der Waals surface area contributed by atoms with Crippen LogP contribution in [-0.2, 0) is 11.3 Å². The summed E-state index contributed by atoms with van der Waals surface area (Å²) in [6.45, 7) is 0.688. The van der Waals surface area contributed by atoms with Crippen molar-refractivity contribution >= 4 is 27.7 Å². The molecule has 2 rings (SSSR count). The van der Waals surface area contributed by atoms with Crippen molar-refractivity contribution in [3.05, 3.63) is 52.4 Å². The first-order valence-electron chi connectivity index (χ1n) is 5.96. The van der Waals surface area contributed by atoms with Gasteiger partial charge < -0.3 is 9.64 Å². The molecular weight excluding hydrogens is 322 g/mol. The normalized spacial score (nSPS) is 10.2. The third kappa shape index (κ3) is 3.33. The maximum Gasteiger partial charge on any atom is 0.358 e. The van der Waals surface area contributed by atoms with Gasteiger partial charge in [0.1, 0.15) is 5.82 Å². The van der Waals surface area contributed by atoms with Gasteiger partial charge in [-0.1, -0.05) is 34.1 Å². The lowest BCUT2D eigenvalue weighted by molar-refractivity contribution is 0.0593. The smallest absolute Gasteiger partial charge is 0.358 e. The Kier molecular flexibility index (Phi) is 4.68. The number of hydrogen-bond donors (Lipinski definition) is 0. The lowest BCUT2D eigenvalue weighted by Gasteiger charge is -2.18. The minimum atomic E-state index is -0.488. The zero-order valence-corrected chi connectivity index (χ0v) is 12.8. The molecule has 0 N–H and O–H groups in total. The maximum atomic E-state index is 11.3. The lowest BCUT2D eigenvalue weighted by atomic mass is 10.2. The van der Waals surface area contributed by atoms with Gasteiger partial charge in [-0.2, -0.15) is 0 Å². The number of carbonyl (C=O) groups is 1. The highest BCUT2D eigenvalue weighted by Crippen LogP contribution is 2.19. The molecule has 5 nitrogen and oxygen atoms in total. The molecule has 0 radical (unpaired) electrons. The van der Waals surface area contributed by atoms with E-state index in [4.69, 9.17) is 0 Å². The van der Waals surface area contributed by atoms with Gasteiger partial charge in [0.2, 0.25) is 0 Å². The number of ether oxygens (including phenoxy) is 1. The summed E-state index contributed by atoms with van der Waals surface area (Å²) in [5.74, 6) is 0.200. The monoisotopic (exact) mass is 335 g/mol. The number of rotatable bonds is 4. The zero-order chi connectivity index (χ0) is 14.5. The quantitative estimate of drug-likeness (QED) is 0.804. The zero-order valence-electron chi connectivity index (χ0n) is 11.2. The lowest BCUT2D eigenvalue weighted by Crippen LogP contribution is -2.18. The Bertz CT molecular complexity index is 602. The van der Waals surface area contributed by atoms with E-state index in [1.807, 2.05) is 36.2 Å². The Balaban J connectivity index is 2.12. The van der Waals surface area contributed by atoms with Crippen LogP contribution in [0, 0.1) is 0 Å². The molecule has 6 heteroatoms. The summed E-state index contributed by atoms with van der Waals surface area (Å²) >= 11 is 3.51. The highest BCUT2D eigenvalue weighted by Gasteiger charge is 2.10. The van der Waals surface area contributed by atoms with E-state index in [0.717, 1.165) is 10.0 Å². The molecule has 0 aliphatic rings. The highest BCUT2D eigenvalue weighted by atomic mass is 79.9. The molecule has 0 amide bonds. The van der Waals surface area contributed by atoms with E-state index < -0.39 is 5.97 Å². The number of aromatic nitrogens is 2. The van der Waals surface area contributed by atoms with E-state index >= 15 is 0 Å². The van der Waals surface area contributed by atoms with E-state index in [9.17, 15) is 4.79 Å². The van der Waals surface area contributed by atoms with E-state index in [1.54, 1.807) is 6.20 Å². The van der Waals surface area contributed by atoms with Crippen LogP contribution in [-0.4, -0.2) is 30.1 Å². The van der Waals surface area contributed by atoms with Crippen molar-refractivity contribution in [3.8, 4) is 0 Å². The molecule has 0 saturated carbocycles. The molecular formula is C14H14BrN3O2. The predicted molar refractivity (Wildman–Crippen MR) is 79.6 cm³/mol. The molecule has 0 aliphatic carbocycles. The molecule has 0 atom stereocenters. The van der Waals surface area contributed by atoms with Gasteiger partial charge in [-0.25, -0.2) is 14.8 Å². The Morgan fingerprint density at radius 3 is 2.65 bits per heavy atom. The minimum absolute atomic E-state index is 0.200. The third-order valence-corrected chi connectivity index (χ3v) is 3.56. The van der Waals surface area contributed by atoms with Crippen molar-refractivity contribution < 1.29 is 9.53 Å². The van der Waals surface area contributed by atoms with Gasteiger partial charge in [-0.3, -0.25) is 0 Å². The second-order valence-electron chi connectivity index (χ2n) is 4.20. The number of esters is 1. The van der Waals surface area contributed by atoms with Crippen LogP contribution in [0.3, 0.4) is 0 Å². The Hall–Kier alpha value is -1.95. The second kappa shape index (κ2) is 6.47. The van der Waals surface area contributed by atoms with E-state index in [2.05, 4.69) is 30.6 Å². The van der Waals surface area contributed by atoms with Crippen LogP contribution in [0.2, 0.25) is 0 Å². The molecule has 0 unspecified atom stereocenters. The third-order valence-electron chi connectivity index (χ3n) is 2.79. The molecule has 1 heterocycles. The first kappa shape index (κ1) is 14.5. The summed E-state index contributed by atoms with van der Waals surface area (Å²) in [7, 11) is 3.23. The average molecular weight is 336 g/mol. The minimum Gasteiger partial charge on any atom is -0.464 e. The molecule has 20 heavy (non-hydrogen) atoms. The molecule has 2 aromatic rings. The van der Waals surface area contributed by atoms with Crippen molar-refractivity contribution in [3.63, 3.8) is 0 Å². The summed E-state index contributed by atoms with van der Waals surface area (Å²) in [6, 6.07) is 7.99. The van der Waals surface area contributed by atoms with Crippen LogP contribution in [0.15, 0.2) is 41.1 Å². The number of nitrogens with zero attached hydrogens (tertiary/aromatic N) is 3. The van der Waals surface area contributed by atoms with Crippen LogP contribution >= 0.6 is 15.9 Å². The SMILES string of the molecule is COC(=O)c1cnc(N(C)Cc2ccccc2Br)cn1. The molecule has 0 bridgehead atoms. The number of anilines is 1. The van der Waals surface area contributed by atoms with Gasteiger partial charge in [0, 0.05) is 18.1 Å². The van der Waals surface area contributed by atoms with Gasteiger partial charge in [-0.15, -0.1) is 0 Å². The van der Waals surface area contributed by atoms with Gasteiger partial charge in [0.15, 0.2) is 5.69 Å². The highest BCUT2D eigenvalue weighted by molar-refractivity contribution is 9.10. The fourth-order valence-electron chi connectivity index (χ4n) is 1.69. The number of hydrogen-bond acceptors (Lipinski definition) is 5. The summed E-state index contributed by atoms with van der Waals surface area (Å²) in [4.78, 5) is 21.5. The molecule has 1 aromatic heterocycles. The number of carbonyl (C=O) groups excluding carboxylic acids is 1. The number of halogens is 1. The Morgan fingerprint density at radius 2 is 2.05 bits per heavy atom. The summed E-state index contributed by atoms with van der Waals surface area (Å²) < 4.78 is 5.63. The first-order valence-corrected chi connectivity index (χ1v) is 6.76. The van der Waals surface area contributed by atoms with Gasteiger partial charge in [0.25, 0.3) is 0 Å². The largest absolute Gasteiger partial charge is 0.464 e. The standard InChI is InChI=1S/C14H14BrN3O2/c1-18(9-10-5-3-4-6-11(10)15)13-8-16-12(7-17-13)14(19)20-2/h3-8H,9H2,1-2H3. The topological polar surface area (TPSA) is 55.3 Å². The van der Waals surface area contributed by atoms with Crippen molar-refractivity contribution in [2.24, 2.45) is 0 Å². The fourth-order valence-corrected chi connectivity index (χ4v) is 2.10. The Labute approximate surface area is 125 Å². The van der Waals surface area contributed by atoms with Crippen molar-refractivity contribution in [2.75, 3.05) is 19.1 Å². The Morgan fingerprint density at radius 1 is 1.30 bits per heavy atom. The summed E-state index contributed by atoms with van der Waals surface area (Å²) in [5, 5.41) is 0. The van der Waals surface area contributed by atoms with Crippen molar-refractivity contribution in [1.29, 1.82) is 0 Å². The van der Waals surface area contributed by atoms with E-state index in [1.165, 1.54) is 13.3 Å². The number of benzene rings is 1. The number of methoxy groups -OCH3 is 1. The van der Waals surface area contributed by atoms with Crippen LogP contribution in [0.5, 0.6) is 0 Å².